The van der Waals surface area contributed by atoms with Crippen LogP contribution >= 0.6 is 0 Å². The van der Waals surface area contributed by atoms with Crippen LogP contribution in [0.25, 0.3) is 5.69 Å². The van der Waals surface area contributed by atoms with E-state index in [9.17, 15) is 4.79 Å². The van der Waals surface area contributed by atoms with E-state index in [4.69, 9.17) is 4.74 Å². The maximum Gasteiger partial charge on any atom is 0.239 e. The Labute approximate surface area is 152 Å². The minimum atomic E-state index is -0.105. The molecule has 2 aromatic heterocycles. The van der Waals surface area contributed by atoms with E-state index in [1.54, 1.807) is 34.9 Å². The molecule has 0 aliphatic rings. The van der Waals surface area contributed by atoms with Crippen LogP contribution in [0.1, 0.15) is 5.56 Å². The number of rotatable bonds is 7. The first-order valence-corrected chi connectivity index (χ1v) is 8.19. The zero-order chi connectivity index (χ0) is 18.5. The highest BCUT2D eigenvalue weighted by Gasteiger charge is 2.10. The molecule has 0 aliphatic heterocycles. The predicted molar refractivity (Wildman–Crippen MR) is 98.3 cm³/mol. The van der Waals surface area contributed by atoms with Gasteiger partial charge in [0, 0.05) is 43.7 Å². The Balaban J connectivity index is 1.57. The Bertz CT molecular complexity index is 885. The minimum absolute atomic E-state index is 0.105. The Morgan fingerprint density at radius 1 is 1.35 bits per heavy atom. The Kier molecular flexibility index (Phi) is 5.33. The highest BCUT2D eigenvalue weighted by Crippen LogP contribution is 2.16. The van der Waals surface area contributed by atoms with Gasteiger partial charge in [-0.25, -0.2) is 4.68 Å². The lowest BCUT2D eigenvalue weighted by Gasteiger charge is -2.14. The molecule has 0 atom stereocenters. The maximum atomic E-state index is 12.1. The zero-order valence-corrected chi connectivity index (χ0v) is 15.1. The van der Waals surface area contributed by atoms with Gasteiger partial charge < -0.3 is 10.1 Å². The van der Waals surface area contributed by atoms with Crippen LogP contribution in [0, 0.1) is 0 Å². The average molecular weight is 354 g/mol. The van der Waals surface area contributed by atoms with E-state index in [0.717, 1.165) is 17.0 Å². The van der Waals surface area contributed by atoms with Crippen LogP contribution in [0.4, 0.5) is 5.82 Å². The van der Waals surface area contributed by atoms with Gasteiger partial charge in [0.25, 0.3) is 0 Å². The van der Waals surface area contributed by atoms with E-state index in [1.165, 1.54) is 0 Å². The van der Waals surface area contributed by atoms with Crippen LogP contribution in [0.2, 0.25) is 0 Å². The van der Waals surface area contributed by atoms with E-state index in [-0.39, 0.29) is 12.5 Å². The summed E-state index contributed by atoms with van der Waals surface area (Å²) < 4.78 is 8.68. The number of aromatic nitrogens is 4. The number of anilines is 1. The first kappa shape index (κ1) is 17.7. The highest BCUT2D eigenvalue weighted by molar-refractivity contribution is 5.91. The summed E-state index contributed by atoms with van der Waals surface area (Å²) >= 11 is 0. The molecule has 26 heavy (non-hydrogen) atoms. The number of hydrogen-bond donors (Lipinski definition) is 1. The topological polar surface area (TPSA) is 77.2 Å². The smallest absolute Gasteiger partial charge is 0.239 e. The summed E-state index contributed by atoms with van der Waals surface area (Å²) in [5.74, 6) is 1.23. The molecule has 0 radical (unpaired) electrons. The quantitative estimate of drug-likeness (QED) is 0.699. The van der Waals surface area contributed by atoms with Gasteiger partial charge in [0.2, 0.25) is 5.91 Å². The van der Waals surface area contributed by atoms with Gasteiger partial charge in [-0.1, -0.05) is 6.07 Å². The number of benzene rings is 1. The van der Waals surface area contributed by atoms with Gasteiger partial charge in [0.05, 0.1) is 25.5 Å². The first-order chi connectivity index (χ1) is 12.5. The number of aryl methyl sites for hydroxylation is 1. The first-order valence-electron chi connectivity index (χ1n) is 8.19. The third-order valence-electron chi connectivity index (χ3n) is 3.80. The summed E-state index contributed by atoms with van der Waals surface area (Å²) in [4.78, 5) is 14.0. The van der Waals surface area contributed by atoms with Crippen molar-refractivity contribution in [3.8, 4) is 11.4 Å². The summed E-state index contributed by atoms with van der Waals surface area (Å²) in [6, 6.07) is 9.45. The van der Waals surface area contributed by atoms with Gasteiger partial charge in [-0.2, -0.15) is 10.2 Å². The van der Waals surface area contributed by atoms with E-state index < -0.39 is 0 Å². The fourth-order valence-corrected chi connectivity index (χ4v) is 2.61. The molecule has 0 aliphatic carbocycles. The van der Waals surface area contributed by atoms with Gasteiger partial charge in [0.15, 0.2) is 5.82 Å². The molecule has 8 nitrogen and oxygen atoms in total. The van der Waals surface area contributed by atoms with Crippen molar-refractivity contribution in [3.05, 3.63) is 54.5 Å². The van der Waals surface area contributed by atoms with Gasteiger partial charge >= 0.3 is 0 Å². The van der Waals surface area contributed by atoms with Crippen molar-refractivity contribution in [2.24, 2.45) is 7.05 Å². The summed E-state index contributed by atoms with van der Waals surface area (Å²) in [7, 11) is 5.33. The summed E-state index contributed by atoms with van der Waals surface area (Å²) in [5.41, 5.74) is 1.94. The van der Waals surface area contributed by atoms with Crippen LogP contribution in [0.5, 0.6) is 5.75 Å². The third kappa shape index (κ3) is 4.48. The lowest BCUT2D eigenvalue weighted by Crippen LogP contribution is -2.29. The molecule has 3 rings (SSSR count). The van der Waals surface area contributed by atoms with Crippen LogP contribution in [-0.2, 0) is 18.4 Å². The normalized spacial score (nSPS) is 10.9. The number of nitrogens with one attached hydrogen (secondary N) is 1. The van der Waals surface area contributed by atoms with Crippen molar-refractivity contribution in [2.75, 3.05) is 26.0 Å². The molecule has 0 spiro atoms. The van der Waals surface area contributed by atoms with E-state index >= 15 is 0 Å². The van der Waals surface area contributed by atoms with Gasteiger partial charge in [-0.3, -0.25) is 14.4 Å². The molecular weight excluding hydrogens is 332 g/mol. The van der Waals surface area contributed by atoms with Crippen LogP contribution in [-0.4, -0.2) is 51.1 Å². The Morgan fingerprint density at radius 2 is 2.19 bits per heavy atom. The second-order valence-electron chi connectivity index (χ2n) is 6.09. The van der Waals surface area contributed by atoms with Gasteiger partial charge in [0.1, 0.15) is 5.75 Å². The molecule has 0 unspecified atom stereocenters. The predicted octanol–water partition coefficient (Wildman–Crippen LogP) is 1.68. The molecule has 8 heteroatoms. The van der Waals surface area contributed by atoms with Crippen LogP contribution in [0.15, 0.2) is 48.9 Å². The summed E-state index contributed by atoms with van der Waals surface area (Å²) in [6.45, 7) is 0.876. The fourth-order valence-electron chi connectivity index (χ4n) is 2.61. The number of likely N-dealkylation sites (N-methyl/N-ethyl adjacent to an activating group) is 1. The standard InChI is InChI=1S/C18H22N6O2/c1-22(13-18(25)20-17-7-8-23(2)21-17)11-14-10-19-24(12-14)15-5-4-6-16(9-15)26-3/h4-10,12H,11,13H2,1-3H3,(H,20,21,25). The highest BCUT2D eigenvalue weighted by atomic mass is 16.5. The van der Waals surface area contributed by atoms with Gasteiger partial charge in [-0.05, 0) is 19.2 Å². The molecule has 0 saturated heterocycles. The number of ether oxygens (including phenoxy) is 1. The van der Waals surface area contributed by atoms with Crippen LogP contribution in [0.3, 0.4) is 0 Å². The third-order valence-corrected chi connectivity index (χ3v) is 3.80. The number of hydrogen-bond acceptors (Lipinski definition) is 5. The van der Waals surface area contributed by atoms with Crippen molar-refractivity contribution >= 4 is 11.7 Å². The lowest BCUT2D eigenvalue weighted by atomic mass is 10.3. The zero-order valence-electron chi connectivity index (χ0n) is 15.1. The number of nitrogens with zero attached hydrogens (tertiary/aromatic N) is 5. The molecule has 1 aromatic carbocycles. The number of carbonyl (C=O) groups is 1. The summed E-state index contributed by atoms with van der Waals surface area (Å²) in [5, 5.41) is 11.3. The Hall–Kier alpha value is -3.13. The molecule has 2 heterocycles. The lowest BCUT2D eigenvalue weighted by molar-refractivity contribution is -0.117. The number of methoxy groups -OCH3 is 1. The summed E-state index contributed by atoms with van der Waals surface area (Å²) in [6.07, 6.45) is 5.53. The van der Waals surface area contributed by atoms with Crippen molar-refractivity contribution in [2.45, 2.75) is 6.54 Å². The van der Waals surface area contributed by atoms with E-state index in [1.807, 2.05) is 49.5 Å². The molecule has 1 N–H and O–H groups in total. The van der Waals surface area contributed by atoms with E-state index in [0.29, 0.717) is 12.4 Å². The average Bonchev–Trinajstić information content (AvgIpc) is 3.23. The van der Waals surface area contributed by atoms with Crippen molar-refractivity contribution in [1.29, 1.82) is 0 Å². The second kappa shape index (κ2) is 7.83. The molecule has 136 valence electrons. The second-order valence-corrected chi connectivity index (χ2v) is 6.09. The van der Waals surface area contributed by atoms with Crippen molar-refractivity contribution in [1.82, 2.24) is 24.5 Å². The van der Waals surface area contributed by atoms with Crippen molar-refractivity contribution < 1.29 is 9.53 Å². The minimum Gasteiger partial charge on any atom is -0.497 e. The monoisotopic (exact) mass is 354 g/mol. The molecule has 3 aromatic rings. The van der Waals surface area contributed by atoms with Crippen molar-refractivity contribution in [3.63, 3.8) is 0 Å². The molecule has 0 bridgehead atoms. The molecule has 1 amide bonds. The molecule has 0 saturated carbocycles. The fraction of sp³-hybridized carbons (Fsp3) is 0.278. The number of carbonyl (C=O) groups excluding carboxylic acids is 1. The largest absolute Gasteiger partial charge is 0.497 e. The van der Waals surface area contributed by atoms with Crippen LogP contribution < -0.4 is 10.1 Å². The van der Waals surface area contributed by atoms with E-state index in [2.05, 4.69) is 15.5 Å². The van der Waals surface area contributed by atoms with Gasteiger partial charge in [-0.15, -0.1) is 0 Å². The Morgan fingerprint density at radius 3 is 2.92 bits per heavy atom. The molecular formula is C18H22N6O2. The SMILES string of the molecule is COc1cccc(-n2cc(CN(C)CC(=O)Nc3ccn(C)n3)cn2)c1. The maximum absolute atomic E-state index is 12.1. The number of amides is 1. The molecule has 0 fully saturated rings.